The molecule has 0 spiro atoms. The van der Waals surface area contributed by atoms with Crippen LogP contribution in [0.25, 0.3) is 5.69 Å². The highest BCUT2D eigenvalue weighted by Crippen LogP contribution is 2.22. The Kier molecular flexibility index (Phi) is 5.68. The van der Waals surface area contributed by atoms with Crippen molar-refractivity contribution in [3.05, 3.63) is 59.7 Å². The minimum atomic E-state index is 0.0333. The maximum Gasteiger partial charge on any atom is 0.214 e. The Labute approximate surface area is 156 Å². The third-order valence-corrected chi connectivity index (χ3v) is 5.20. The molecule has 6 nitrogen and oxygen atoms in total. The van der Waals surface area contributed by atoms with E-state index in [1.54, 1.807) is 28.9 Å². The van der Waals surface area contributed by atoms with Crippen molar-refractivity contribution in [1.82, 2.24) is 20.2 Å². The molecule has 0 aliphatic rings. The summed E-state index contributed by atoms with van der Waals surface area (Å²) in [6, 6.07) is 14.4. The summed E-state index contributed by atoms with van der Waals surface area (Å²) in [5, 5.41) is 21.5. The van der Waals surface area contributed by atoms with E-state index >= 15 is 0 Å². The number of tetrazole rings is 1. The van der Waals surface area contributed by atoms with Crippen LogP contribution in [-0.2, 0) is 0 Å². The number of carbonyl (C=O) groups excluding carboxylic acids is 1. The molecule has 0 aliphatic carbocycles. The number of aromatic nitrogens is 4. The molecule has 1 atom stereocenters. The quantitative estimate of drug-likeness (QED) is 0.504. The highest BCUT2D eigenvalue weighted by atomic mass is 32.2. The molecule has 134 valence electrons. The van der Waals surface area contributed by atoms with Gasteiger partial charge in [0.25, 0.3) is 0 Å². The predicted octanol–water partition coefficient (Wildman–Crippen LogP) is 3.86. The number of ketones is 1. The van der Waals surface area contributed by atoms with Crippen LogP contribution in [0.5, 0.6) is 5.75 Å². The highest BCUT2D eigenvalue weighted by molar-refractivity contribution is 7.99. The maximum absolute atomic E-state index is 12.5. The fourth-order valence-corrected chi connectivity index (χ4v) is 3.26. The lowest BCUT2D eigenvalue weighted by Gasteiger charge is -2.09. The van der Waals surface area contributed by atoms with Gasteiger partial charge in [0, 0.05) is 5.56 Å². The van der Waals surface area contributed by atoms with Crippen LogP contribution in [0.4, 0.5) is 0 Å². The Balaban J connectivity index is 1.67. The maximum atomic E-state index is 12.5. The number of carbonyl (C=O) groups is 1. The second-order valence-electron chi connectivity index (χ2n) is 6.03. The van der Waals surface area contributed by atoms with E-state index in [-0.39, 0.29) is 17.3 Å². The van der Waals surface area contributed by atoms with Crippen LogP contribution in [0.15, 0.2) is 53.7 Å². The molecule has 1 aromatic heterocycles. The molecule has 0 saturated carbocycles. The van der Waals surface area contributed by atoms with E-state index < -0.39 is 0 Å². The minimum Gasteiger partial charge on any atom is -0.508 e. The van der Waals surface area contributed by atoms with Gasteiger partial charge in [-0.15, -0.1) is 5.10 Å². The standard InChI is InChI=1S/C19H20N4O2S/c1-3-13(2)14-4-6-15(7-5-14)18(25)12-26-19-20-21-22-23(19)16-8-10-17(24)11-9-16/h4-11,13,24H,3,12H2,1-2H3/t13-/m1/s1. The van der Waals surface area contributed by atoms with Crippen molar-refractivity contribution in [1.29, 1.82) is 0 Å². The minimum absolute atomic E-state index is 0.0333. The van der Waals surface area contributed by atoms with Crippen molar-refractivity contribution in [3.8, 4) is 11.4 Å². The predicted molar refractivity (Wildman–Crippen MR) is 101 cm³/mol. The first-order valence-corrected chi connectivity index (χ1v) is 9.40. The van der Waals surface area contributed by atoms with Crippen LogP contribution < -0.4 is 0 Å². The Morgan fingerprint density at radius 2 is 1.85 bits per heavy atom. The second-order valence-corrected chi connectivity index (χ2v) is 6.98. The number of Topliss-reactive ketones (excluding diaryl/α,β-unsaturated/α-hetero) is 1. The van der Waals surface area contributed by atoms with Gasteiger partial charge in [-0.05, 0) is 52.6 Å². The molecule has 0 saturated heterocycles. The van der Waals surface area contributed by atoms with Crippen molar-refractivity contribution in [2.45, 2.75) is 31.3 Å². The smallest absolute Gasteiger partial charge is 0.214 e. The van der Waals surface area contributed by atoms with Crippen LogP contribution in [0.2, 0.25) is 0 Å². The zero-order valence-electron chi connectivity index (χ0n) is 14.7. The van der Waals surface area contributed by atoms with Gasteiger partial charge in [-0.3, -0.25) is 4.79 Å². The van der Waals surface area contributed by atoms with Gasteiger partial charge in [0.05, 0.1) is 11.4 Å². The Morgan fingerprint density at radius 3 is 2.50 bits per heavy atom. The summed E-state index contributed by atoms with van der Waals surface area (Å²) in [5.74, 6) is 0.947. The third-order valence-electron chi connectivity index (χ3n) is 4.28. The summed E-state index contributed by atoms with van der Waals surface area (Å²) in [6.45, 7) is 4.33. The zero-order chi connectivity index (χ0) is 18.5. The molecule has 3 aromatic rings. The average Bonchev–Trinajstić information content (AvgIpc) is 3.14. The van der Waals surface area contributed by atoms with Gasteiger partial charge >= 0.3 is 0 Å². The van der Waals surface area contributed by atoms with Gasteiger partial charge in [-0.25, -0.2) is 0 Å². The molecule has 0 bridgehead atoms. The number of rotatable bonds is 7. The molecule has 0 radical (unpaired) electrons. The van der Waals surface area contributed by atoms with Crippen molar-refractivity contribution in [3.63, 3.8) is 0 Å². The van der Waals surface area contributed by atoms with E-state index in [1.165, 1.54) is 17.3 Å². The SMILES string of the molecule is CC[C@@H](C)c1ccc(C(=O)CSc2nnnn2-c2ccc(O)cc2)cc1. The molecule has 1 N–H and O–H groups in total. The molecule has 0 amide bonds. The third kappa shape index (κ3) is 4.11. The highest BCUT2D eigenvalue weighted by Gasteiger charge is 2.13. The second kappa shape index (κ2) is 8.14. The molecule has 26 heavy (non-hydrogen) atoms. The van der Waals surface area contributed by atoms with Crippen LogP contribution in [-0.4, -0.2) is 36.8 Å². The van der Waals surface area contributed by atoms with E-state index in [0.717, 1.165) is 12.1 Å². The van der Waals surface area contributed by atoms with Crippen LogP contribution >= 0.6 is 11.8 Å². The average molecular weight is 368 g/mol. The molecular formula is C19H20N4O2S. The van der Waals surface area contributed by atoms with Crippen molar-refractivity contribution in [2.24, 2.45) is 0 Å². The Bertz CT molecular complexity index is 875. The van der Waals surface area contributed by atoms with E-state index in [1.807, 2.05) is 24.3 Å². The number of thioether (sulfide) groups is 1. The fourth-order valence-electron chi connectivity index (χ4n) is 2.47. The number of aromatic hydroxyl groups is 1. The normalized spacial score (nSPS) is 12.1. The van der Waals surface area contributed by atoms with Gasteiger partial charge in [0.15, 0.2) is 5.78 Å². The topological polar surface area (TPSA) is 80.9 Å². The zero-order valence-corrected chi connectivity index (χ0v) is 15.5. The first-order valence-electron chi connectivity index (χ1n) is 8.42. The first-order chi connectivity index (χ1) is 12.6. The largest absolute Gasteiger partial charge is 0.508 e. The summed E-state index contributed by atoms with van der Waals surface area (Å²) in [5.41, 5.74) is 2.65. The molecule has 2 aromatic carbocycles. The summed E-state index contributed by atoms with van der Waals surface area (Å²) < 4.78 is 1.55. The van der Waals surface area contributed by atoms with Crippen molar-refractivity contribution in [2.75, 3.05) is 5.75 Å². The van der Waals surface area contributed by atoms with E-state index in [4.69, 9.17) is 0 Å². The number of hydrogen-bond acceptors (Lipinski definition) is 6. The van der Waals surface area contributed by atoms with E-state index in [9.17, 15) is 9.90 Å². The Morgan fingerprint density at radius 1 is 1.15 bits per heavy atom. The van der Waals surface area contributed by atoms with Gasteiger partial charge in [0.2, 0.25) is 5.16 Å². The first kappa shape index (κ1) is 18.1. The van der Waals surface area contributed by atoms with Gasteiger partial charge in [-0.1, -0.05) is 49.9 Å². The number of phenols is 1. The van der Waals surface area contributed by atoms with Crippen LogP contribution in [0.1, 0.15) is 42.1 Å². The number of benzene rings is 2. The van der Waals surface area contributed by atoms with Crippen LogP contribution in [0.3, 0.4) is 0 Å². The van der Waals surface area contributed by atoms with Gasteiger partial charge in [-0.2, -0.15) is 4.68 Å². The van der Waals surface area contributed by atoms with Gasteiger partial charge < -0.3 is 5.11 Å². The summed E-state index contributed by atoms with van der Waals surface area (Å²) >= 11 is 1.29. The van der Waals surface area contributed by atoms with Crippen molar-refractivity contribution < 1.29 is 9.90 Å². The summed E-state index contributed by atoms with van der Waals surface area (Å²) in [4.78, 5) is 12.5. The monoisotopic (exact) mass is 368 g/mol. The number of hydrogen-bond donors (Lipinski definition) is 1. The number of nitrogens with zero attached hydrogens (tertiary/aromatic N) is 4. The number of phenolic OH excluding ortho intramolecular Hbond substituents is 1. The molecule has 0 aliphatic heterocycles. The lowest BCUT2D eigenvalue weighted by atomic mass is 9.97. The van der Waals surface area contributed by atoms with Crippen LogP contribution in [0, 0.1) is 0 Å². The molecule has 0 unspecified atom stereocenters. The van der Waals surface area contributed by atoms with E-state index in [2.05, 4.69) is 29.4 Å². The lowest BCUT2D eigenvalue weighted by molar-refractivity contribution is 0.102. The Hall–Kier alpha value is -2.67. The lowest BCUT2D eigenvalue weighted by Crippen LogP contribution is -2.05. The van der Waals surface area contributed by atoms with E-state index in [0.29, 0.717) is 16.6 Å². The molecule has 7 heteroatoms. The fraction of sp³-hybridized carbons (Fsp3) is 0.263. The van der Waals surface area contributed by atoms with Gasteiger partial charge in [0.1, 0.15) is 5.75 Å². The summed E-state index contributed by atoms with van der Waals surface area (Å²) in [7, 11) is 0. The summed E-state index contributed by atoms with van der Waals surface area (Å²) in [6.07, 6.45) is 1.07. The molecule has 1 heterocycles. The molecular weight excluding hydrogens is 348 g/mol. The van der Waals surface area contributed by atoms with Crippen molar-refractivity contribution >= 4 is 17.5 Å². The molecule has 0 fully saturated rings. The molecule has 3 rings (SSSR count).